The van der Waals surface area contributed by atoms with Crippen LogP contribution < -0.4 is 5.32 Å². The lowest BCUT2D eigenvalue weighted by atomic mass is 9.82. The molecule has 3 heterocycles. The van der Waals surface area contributed by atoms with E-state index in [0.29, 0.717) is 5.92 Å². The maximum Gasteiger partial charge on any atom is 0.0501 e. The summed E-state index contributed by atoms with van der Waals surface area (Å²) >= 11 is 0. The Bertz CT molecular complexity index is 993. The summed E-state index contributed by atoms with van der Waals surface area (Å²) in [5.74, 6) is 0.443. The smallest absolute Gasteiger partial charge is 0.0501 e. The molecule has 0 saturated carbocycles. The lowest BCUT2D eigenvalue weighted by molar-refractivity contribution is 0.200. The molecule has 0 bridgehead atoms. The number of nitrogens with one attached hydrogen (secondary N) is 2. The first kappa shape index (κ1) is 20.1. The summed E-state index contributed by atoms with van der Waals surface area (Å²) < 4.78 is 0. The number of H-pyrrole nitrogens is 1. The van der Waals surface area contributed by atoms with Gasteiger partial charge in [0, 0.05) is 66.5 Å². The second-order valence-electron chi connectivity index (χ2n) is 9.42. The molecule has 1 saturated heterocycles. The summed E-state index contributed by atoms with van der Waals surface area (Å²) in [6, 6.07) is 11.3. The molecule has 0 aliphatic carbocycles. The van der Waals surface area contributed by atoms with Gasteiger partial charge in [-0.1, -0.05) is 33.8 Å². The van der Waals surface area contributed by atoms with Gasteiger partial charge in [-0.2, -0.15) is 0 Å². The molecule has 154 valence electrons. The van der Waals surface area contributed by atoms with Gasteiger partial charge >= 0.3 is 0 Å². The molecular weight excluding hydrogens is 356 g/mol. The van der Waals surface area contributed by atoms with Gasteiger partial charge in [0.1, 0.15) is 0 Å². The van der Waals surface area contributed by atoms with Crippen molar-refractivity contribution in [2.45, 2.75) is 46.0 Å². The van der Waals surface area contributed by atoms with Crippen molar-refractivity contribution < 1.29 is 0 Å². The van der Waals surface area contributed by atoms with E-state index in [4.69, 9.17) is 0 Å². The third-order valence-corrected chi connectivity index (χ3v) is 6.21. The second kappa shape index (κ2) is 7.92. The van der Waals surface area contributed by atoms with Crippen LogP contribution in [0.3, 0.4) is 0 Å². The van der Waals surface area contributed by atoms with Crippen LogP contribution in [-0.4, -0.2) is 47.6 Å². The van der Waals surface area contributed by atoms with Crippen LogP contribution in [0.1, 0.15) is 50.4 Å². The number of hydrogen-bond acceptors (Lipinski definition) is 3. The summed E-state index contributed by atoms with van der Waals surface area (Å²) in [4.78, 5) is 10.7. The highest BCUT2D eigenvalue weighted by Gasteiger charge is 2.26. The van der Waals surface area contributed by atoms with Gasteiger partial charge < -0.3 is 10.3 Å². The van der Waals surface area contributed by atoms with E-state index in [9.17, 15) is 0 Å². The Balaban J connectivity index is 1.76. The third-order valence-electron chi connectivity index (χ3n) is 6.21. The number of fused-ring (bicyclic) bond motifs is 1. The molecule has 29 heavy (non-hydrogen) atoms. The molecular formula is C25H34N4. The average Bonchev–Trinajstić information content (AvgIpc) is 3.07. The number of aromatic amines is 1. The van der Waals surface area contributed by atoms with Gasteiger partial charge in [-0.3, -0.25) is 9.88 Å². The van der Waals surface area contributed by atoms with Crippen LogP contribution in [0.4, 0.5) is 0 Å². The zero-order valence-corrected chi connectivity index (χ0v) is 18.5. The molecule has 4 rings (SSSR count). The molecule has 1 fully saturated rings. The Kier molecular flexibility index (Phi) is 5.50. The van der Waals surface area contributed by atoms with Crippen molar-refractivity contribution in [2.75, 3.05) is 32.7 Å². The second-order valence-corrected chi connectivity index (χ2v) is 9.42. The summed E-state index contributed by atoms with van der Waals surface area (Å²) in [5.41, 5.74) is 7.67. The van der Waals surface area contributed by atoms with Crippen molar-refractivity contribution in [1.82, 2.24) is 20.2 Å². The molecule has 1 aromatic carbocycles. The fourth-order valence-electron chi connectivity index (χ4n) is 4.68. The normalized spacial score (nSPS) is 16.1. The van der Waals surface area contributed by atoms with Crippen molar-refractivity contribution in [3.63, 3.8) is 0 Å². The summed E-state index contributed by atoms with van der Waals surface area (Å²) in [7, 11) is 0. The van der Waals surface area contributed by atoms with Crippen LogP contribution in [0, 0.1) is 6.92 Å². The molecule has 0 radical (unpaired) electrons. The summed E-state index contributed by atoms with van der Waals surface area (Å²) in [6.07, 6.45) is 1.91. The van der Waals surface area contributed by atoms with Gasteiger partial charge in [0.25, 0.3) is 0 Å². The van der Waals surface area contributed by atoms with Crippen LogP contribution >= 0.6 is 0 Å². The molecule has 0 atom stereocenters. The lowest BCUT2D eigenvalue weighted by Crippen LogP contribution is -2.47. The van der Waals surface area contributed by atoms with Gasteiger partial charge in [-0.25, -0.2) is 0 Å². The molecule has 2 N–H and O–H groups in total. The van der Waals surface area contributed by atoms with Crippen LogP contribution in [0.2, 0.25) is 0 Å². The standard InChI is InChI=1S/C25H34N4/c1-17(2)23-21-15-20(25(4,5)16-29-12-10-26-11-13-29)6-7-22(21)28-24(23)19-8-9-27-18(3)14-19/h6-9,14-15,17,26,28H,10-13,16H2,1-5H3. The first-order valence-electron chi connectivity index (χ1n) is 10.9. The van der Waals surface area contributed by atoms with E-state index in [2.05, 4.69) is 85.1 Å². The first-order chi connectivity index (χ1) is 13.8. The monoisotopic (exact) mass is 390 g/mol. The first-order valence-corrected chi connectivity index (χ1v) is 10.9. The molecule has 0 unspecified atom stereocenters. The van der Waals surface area contributed by atoms with E-state index in [1.54, 1.807) is 0 Å². The highest BCUT2D eigenvalue weighted by Crippen LogP contribution is 2.37. The number of aryl methyl sites for hydroxylation is 1. The molecule has 1 aliphatic heterocycles. The van der Waals surface area contributed by atoms with E-state index >= 15 is 0 Å². The Morgan fingerprint density at radius 3 is 2.55 bits per heavy atom. The minimum absolute atomic E-state index is 0.116. The topological polar surface area (TPSA) is 44.0 Å². The fraction of sp³-hybridized carbons (Fsp3) is 0.480. The van der Waals surface area contributed by atoms with Gasteiger partial charge in [0.15, 0.2) is 0 Å². The lowest BCUT2D eigenvalue weighted by Gasteiger charge is -2.35. The predicted molar refractivity (Wildman–Crippen MR) is 123 cm³/mol. The molecule has 4 nitrogen and oxygen atoms in total. The van der Waals surface area contributed by atoms with Crippen LogP contribution in [0.15, 0.2) is 36.5 Å². The van der Waals surface area contributed by atoms with Gasteiger partial charge in [0.05, 0.1) is 5.69 Å². The third kappa shape index (κ3) is 4.10. The fourth-order valence-corrected chi connectivity index (χ4v) is 4.68. The molecule has 4 heteroatoms. The Morgan fingerprint density at radius 2 is 1.86 bits per heavy atom. The van der Waals surface area contributed by atoms with Crippen molar-refractivity contribution in [1.29, 1.82) is 0 Å². The van der Waals surface area contributed by atoms with Gasteiger partial charge in [-0.05, 0) is 48.2 Å². The Labute approximate surface area is 174 Å². The van der Waals surface area contributed by atoms with Crippen molar-refractivity contribution >= 4 is 10.9 Å². The van der Waals surface area contributed by atoms with Gasteiger partial charge in [0.2, 0.25) is 0 Å². The van der Waals surface area contributed by atoms with Crippen molar-refractivity contribution in [2.24, 2.45) is 0 Å². The number of piperazine rings is 1. The Hall–Kier alpha value is -2.17. The predicted octanol–water partition coefficient (Wildman–Crippen LogP) is 4.84. The maximum atomic E-state index is 4.37. The van der Waals surface area contributed by atoms with Crippen LogP contribution in [0.25, 0.3) is 22.2 Å². The SMILES string of the molecule is Cc1cc(-c2[nH]c3ccc(C(C)(C)CN4CCNCC4)cc3c2C(C)C)ccn1. The molecule has 0 spiro atoms. The molecule has 2 aromatic heterocycles. The minimum Gasteiger partial charge on any atom is -0.354 e. The summed E-state index contributed by atoms with van der Waals surface area (Å²) in [6.45, 7) is 17.0. The van der Waals surface area contributed by atoms with Crippen molar-refractivity contribution in [3.8, 4) is 11.3 Å². The Morgan fingerprint density at radius 1 is 1.10 bits per heavy atom. The summed E-state index contributed by atoms with van der Waals surface area (Å²) in [5, 5.41) is 4.81. The number of aromatic nitrogens is 2. The highest BCUT2D eigenvalue weighted by molar-refractivity contribution is 5.92. The van der Waals surface area contributed by atoms with E-state index in [0.717, 1.165) is 38.4 Å². The van der Waals surface area contributed by atoms with Gasteiger partial charge in [-0.15, -0.1) is 0 Å². The van der Waals surface area contributed by atoms with Crippen molar-refractivity contribution in [3.05, 3.63) is 53.3 Å². The number of pyridine rings is 1. The number of nitrogens with zero attached hydrogens (tertiary/aromatic N) is 2. The maximum absolute atomic E-state index is 4.37. The van der Waals surface area contributed by atoms with E-state index < -0.39 is 0 Å². The average molecular weight is 391 g/mol. The number of benzene rings is 1. The minimum atomic E-state index is 0.116. The quantitative estimate of drug-likeness (QED) is 0.655. The van der Waals surface area contributed by atoms with E-state index in [-0.39, 0.29) is 5.41 Å². The molecule has 1 aliphatic rings. The van der Waals surface area contributed by atoms with Crippen LogP contribution in [-0.2, 0) is 5.41 Å². The zero-order valence-electron chi connectivity index (χ0n) is 18.5. The molecule has 3 aromatic rings. The largest absolute Gasteiger partial charge is 0.354 e. The van der Waals surface area contributed by atoms with Crippen LogP contribution in [0.5, 0.6) is 0 Å². The zero-order chi connectivity index (χ0) is 20.6. The van der Waals surface area contributed by atoms with E-state index in [1.165, 1.54) is 33.3 Å². The van der Waals surface area contributed by atoms with E-state index in [1.807, 2.05) is 6.20 Å². The number of rotatable bonds is 5. The highest BCUT2D eigenvalue weighted by atomic mass is 15.2. The molecule has 0 amide bonds. The number of hydrogen-bond donors (Lipinski definition) is 2.